The minimum Gasteiger partial charge on any atom is -0.462 e. The molecule has 0 aromatic rings. The summed E-state index contributed by atoms with van der Waals surface area (Å²) in [6, 6.07) is 0. The number of rotatable bonds is 48. The Balaban J connectivity index is 4.24. The second-order valence-corrected chi connectivity index (χ2v) is 20.3. The number of carbonyl (C=O) groups is 2. The molecule has 0 aliphatic heterocycles. The molecular weight excluding hydrogens is 906 g/mol. The Hall–Kier alpha value is -3.85. The molecule has 402 valence electrons. The maximum absolute atomic E-state index is 12.8. The molecule has 0 aromatic carbocycles. The van der Waals surface area contributed by atoms with E-state index in [-0.39, 0.29) is 26.1 Å². The first-order valence-electron chi connectivity index (χ1n) is 27.4. The van der Waals surface area contributed by atoms with Gasteiger partial charge in [-0.3, -0.25) is 18.6 Å². The van der Waals surface area contributed by atoms with Gasteiger partial charge in [0.1, 0.15) is 19.8 Å². The van der Waals surface area contributed by atoms with Crippen LogP contribution in [0.1, 0.15) is 187 Å². The van der Waals surface area contributed by atoms with Crippen molar-refractivity contribution in [3.63, 3.8) is 0 Å². The quantitative estimate of drug-likeness (QED) is 0.0211. The van der Waals surface area contributed by atoms with Crippen molar-refractivity contribution < 1.29 is 42.1 Å². The van der Waals surface area contributed by atoms with Crippen LogP contribution in [0.3, 0.4) is 0 Å². The number of nitrogens with zero attached hydrogens (tertiary/aromatic N) is 1. The smallest absolute Gasteiger partial charge is 0.462 e. The Morgan fingerprint density at radius 2 is 0.803 bits per heavy atom. The van der Waals surface area contributed by atoms with Crippen LogP contribution in [0.15, 0.2) is 134 Å². The van der Waals surface area contributed by atoms with E-state index >= 15 is 0 Å². The van der Waals surface area contributed by atoms with Crippen LogP contribution in [-0.4, -0.2) is 74.9 Å². The maximum Gasteiger partial charge on any atom is 0.472 e. The van der Waals surface area contributed by atoms with Gasteiger partial charge in [-0.25, -0.2) is 4.57 Å². The predicted octanol–water partition coefficient (Wildman–Crippen LogP) is 17.0. The van der Waals surface area contributed by atoms with Gasteiger partial charge in [-0.05, 0) is 116 Å². The van der Waals surface area contributed by atoms with Crippen LogP contribution in [0.5, 0.6) is 0 Å². The number of phosphoric ester groups is 1. The fourth-order valence-electron chi connectivity index (χ4n) is 6.68. The van der Waals surface area contributed by atoms with Crippen LogP contribution >= 0.6 is 7.82 Å². The summed E-state index contributed by atoms with van der Waals surface area (Å²) >= 11 is 0. The van der Waals surface area contributed by atoms with Gasteiger partial charge in [-0.15, -0.1) is 0 Å². The molecule has 0 heterocycles. The summed E-state index contributed by atoms with van der Waals surface area (Å²) in [5, 5.41) is 0. The van der Waals surface area contributed by atoms with Crippen molar-refractivity contribution in [3.05, 3.63) is 134 Å². The molecule has 0 aliphatic rings. The van der Waals surface area contributed by atoms with Crippen LogP contribution in [-0.2, 0) is 32.7 Å². The molecule has 0 amide bonds. The molecule has 10 heteroatoms. The minimum atomic E-state index is -4.40. The number of likely N-dealkylation sites (N-methyl/N-ethyl adjacent to an activating group) is 1. The zero-order chi connectivity index (χ0) is 52.0. The summed E-state index contributed by atoms with van der Waals surface area (Å²) in [6.45, 7) is 4.22. The third-order valence-electron chi connectivity index (χ3n) is 10.9. The molecule has 0 saturated carbocycles. The molecule has 0 spiro atoms. The molecule has 0 aromatic heterocycles. The van der Waals surface area contributed by atoms with E-state index in [1.54, 1.807) is 0 Å². The van der Waals surface area contributed by atoms with Crippen LogP contribution in [0.2, 0.25) is 0 Å². The van der Waals surface area contributed by atoms with Gasteiger partial charge in [0.05, 0.1) is 27.7 Å². The first kappa shape index (κ1) is 67.1. The van der Waals surface area contributed by atoms with Gasteiger partial charge in [0.2, 0.25) is 0 Å². The predicted molar refractivity (Wildman–Crippen MR) is 302 cm³/mol. The number of carbonyl (C=O) groups excluding carboxylic acids is 2. The van der Waals surface area contributed by atoms with Crippen LogP contribution in [0, 0.1) is 0 Å². The number of unbranched alkanes of at least 4 members (excludes halogenated alkanes) is 12. The summed E-state index contributed by atoms with van der Waals surface area (Å²) < 4.78 is 34.4. The highest BCUT2D eigenvalue weighted by Crippen LogP contribution is 2.43. The number of phosphoric acid groups is 1. The van der Waals surface area contributed by atoms with Crippen molar-refractivity contribution in [1.82, 2.24) is 0 Å². The molecule has 0 bridgehead atoms. The molecule has 2 unspecified atom stereocenters. The Kier molecular flexibility index (Phi) is 48.3. The SMILES string of the molecule is CC/C=C\C/C=C\C/C=C\C/C=C\C/C=C\C/C=C\C/C=C\C/C=C\C/C=C\C/C=C\CCCCCCC(=O)OC(COC(=O)CCCCCCC/C=C\CCCCC)COP(=O)(O)OCC[N+](C)(C)C. The van der Waals surface area contributed by atoms with E-state index in [9.17, 15) is 19.0 Å². The van der Waals surface area contributed by atoms with E-state index in [4.69, 9.17) is 18.5 Å². The van der Waals surface area contributed by atoms with E-state index in [0.717, 1.165) is 135 Å². The van der Waals surface area contributed by atoms with Gasteiger partial charge in [0.25, 0.3) is 0 Å². The topological polar surface area (TPSA) is 108 Å². The normalized spacial score (nSPS) is 14.4. The fraction of sp³-hybridized carbons (Fsp3) is 0.607. The first-order valence-corrected chi connectivity index (χ1v) is 28.9. The molecule has 0 rings (SSSR count). The fourth-order valence-corrected chi connectivity index (χ4v) is 7.42. The van der Waals surface area contributed by atoms with Crippen molar-refractivity contribution in [3.8, 4) is 0 Å². The van der Waals surface area contributed by atoms with Crippen molar-refractivity contribution in [1.29, 1.82) is 0 Å². The second kappa shape index (κ2) is 51.1. The Labute approximate surface area is 434 Å². The third-order valence-corrected chi connectivity index (χ3v) is 11.9. The summed E-state index contributed by atoms with van der Waals surface area (Å²) in [4.78, 5) is 35.5. The average molecular weight is 1010 g/mol. The third kappa shape index (κ3) is 55.3. The van der Waals surface area contributed by atoms with Crippen LogP contribution in [0.25, 0.3) is 0 Å². The van der Waals surface area contributed by atoms with Crippen LogP contribution < -0.4 is 0 Å². The van der Waals surface area contributed by atoms with Crippen LogP contribution in [0.4, 0.5) is 0 Å². The summed E-state index contributed by atoms with van der Waals surface area (Å²) in [6.07, 6.45) is 73.8. The summed E-state index contributed by atoms with van der Waals surface area (Å²) in [7, 11) is 1.43. The number of hydrogen-bond acceptors (Lipinski definition) is 7. The lowest BCUT2D eigenvalue weighted by Crippen LogP contribution is -2.37. The Morgan fingerprint density at radius 3 is 1.21 bits per heavy atom. The molecule has 0 radical (unpaired) electrons. The zero-order valence-corrected chi connectivity index (χ0v) is 46.3. The lowest BCUT2D eigenvalue weighted by Gasteiger charge is -2.24. The van der Waals surface area contributed by atoms with Crippen molar-refractivity contribution >= 4 is 19.8 Å². The van der Waals surface area contributed by atoms with Gasteiger partial charge in [-0.2, -0.15) is 0 Å². The highest BCUT2D eigenvalue weighted by molar-refractivity contribution is 7.47. The number of quaternary nitrogens is 1. The molecule has 71 heavy (non-hydrogen) atoms. The van der Waals surface area contributed by atoms with E-state index in [2.05, 4.69) is 148 Å². The molecule has 2 atom stereocenters. The van der Waals surface area contributed by atoms with Crippen molar-refractivity contribution in [2.75, 3.05) is 47.5 Å². The summed E-state index contributed by atoms with van der Waals surface area (Å²) in [5.41, 5.74) is 0. The van der Waals surface area contributed by atoms with Gasteiger partial charge in [0, 0.05) is 12.8 Å². The van der Waals surface area contributed by atoms with E-state index in [1.165, 1.54) is 19.3 Å². The molecule has 0 fully saturated rings. The van der Waals surface area contributed by atoms with Crippen molar-refractivity contribution in [2.24, 2.45) is 0 Å². The second-order valence-electron chi connectivity index (χ2n) is 18.9. The minimum absolute atomic E-state index is 0.0178. The summed E-state index contributed by atoms with van der Waals surface area (Å²) in [5.74, 6) is -0.850. The highest BCUT2D eigenvalue weighted by atomic mass is 31.2. The van der Waals surface area contributed by atoms with Crippen molar-refractivity contribution in [2.45, 2.75) is 193 Å². The first-order chi connectivity index (χ1) is 34.5. The standard InChI is InChI=1S/C61H100NO8P/c1-6-8-10-12-14-16-18-20-21-22-23-24-25-26-27-28-29-30-31-32-33-34-35-36-37-38-39-40-41-42-44-46-48-50-52-54-61(64)70-59(58-69-71(65,66)68-56-55-62(3,4)5)57-67-60(63)53-51-49-47-45-43-19-17-15-13-11-9-7-2/h8,10,14-17,20-21,23-24,26-27,29-30,32-33,35-36,38-39,41-42,59H,6-7,9,11-13,18-19,22,25,28,31,34,37,40,43-58H2,1-5H3/p+1/b10-8-,16-14-,17-15-,21-20-,24-23-,27-26-,30-29-,33-32-,36-35-,39-38-,42-41-. The highest BCUT2D eigenvalue weighted by Gasteiger charge is 2.27. The van der Waals surface area contributed by atoms with Gasteiger partial charge in [-0.1, -0.05) is 192 Å². The Bertz CT molecular complexity index is 1660. The number of hydrogen-bond donors (Lipinski definition) is 1. The van der Waals surface area contributed by atoms with Gasteiger partial charge in [0.15, 0.2) is 6.10 Å². The molecule has 0 aliphatic carbocycles. The van der Waals surface area contributed by atoms with E-state index in [0.29, 0.717) is 17.4 Å². The lowest BCUT2D eigenvalue weighted by atomic mass is 10.1. The molecule has 9 nitrogen and oxygen atoms in total. The number of ether oxygens (including phenoxy) is 2. The number of esters is 2. The molecular formula is C61H101NO8P+. The van der Waals surface area contributed by atoms with Gasteiger partial charge >= 0.3 is 19.8 Å². The van der Waals surface area contributed by atoms with E-state index < -0.39 is 32.5 Å². The molecule has 0 saturated heterocycles. The van der Waals surface area contributed by atoms with Gasteiger partial charge < -0.3 is 18.9 Å². The Morgan fingerprint density at radius 1 is 0.451 bits per heavy atom. The number of allylic oxidation sites excluding steroid dienone is 22. The maximum atomic E-state index is 12.8. The lowest BCUT2D eigenvalue weighted by molar-refractivity contribution is -0.870. The van der Waals surface area contributed by atoms with E-state index in [1.807, 2.05) is 21.1 Å². The monoisotopic (exact) mass is 1010 g/mol. The molecule has 1 N–H and O–H groups in total. The largest absolute Gasteiger partial charge is 0.472 e. The average Bonchev–Trinajstić information content (AvgIpc) is 3.33. The zero-order valence-electron chi connectivity index (χ0n) is 45.4.